The molecule has 1 aromatic carbocycles. The average molecular weight is 324 g/mol. The van der Waals surface area contributed by atoms with Crippen molar-refractivity contribution in [3.63, 3.8) is 0 Å². The molecule has 1 amide bonds. The molecule has 0 radical (unpaired) electrons. The molecule has 0 N–H and O–H groups in total. The van der Waals surface area contributed by atoms with Gasteiger partial charge >= 0.3 is 5.69 Å². The van der Waals surface area contributed by atoms with Gasteiger partial charge in [-0.3, -0.25) is 9.20 Å². The molecule has 6 heteroatoms. The Morgan fingerprint density at radius 3 is 2.50 bits per heavy atom. The highest BCUT2D eigenvalue weighted by molar-refractivity contribution is 5.75. The Bertz CT molecular complexity index is 909. The largest absolute Gasteiger partial charge is 0.350 e. The predicted octanol–water partition coefficient (Wildman–Crippen LogP) is 1.72. The van der Waals surface area contributed by atoms with Crippen molar-refractivity contribution >= 4 is 11.6 Å². The maximum atomic E-state index is 12.4. The lowest BCUT2D eigenvalue weighted by Crippen LogP contribution is -2.33. The first-order valence-corrected chi connectivity index (χ1v) is 7.94. The van der Waals surface area contributed by atoms with E-state index < -0.39 is 0 Å². The summed E-state index contributed by atoms with van der Waals surface area (Å²) in [6.45, 7) is 2.55. The van der Waals surface area contributed by atoms with Crippen LogP contribution < -0.4 is 5.69 Å². The summed E-state index contributed by atoms with van der Waals surface area (Å²) >= 11 is 0. The summed E-state index contributed by atoms with van der Waals surface area (Å²) in [4.78, 5) is 26.2. The average Bonchev–Trinajstić information content (AvgIpc) is 2.92. The van der Waals surface area contributed by atoms with Gasteiger partial charge in [0.1, 0.15) is 6.54 Å². The van der Waals surface area contributed by atoms with Crippen LogP contribution in [0.3, 0.4) is 0 Å². The number of amides is 1. The van der Waals surface area contributed by atoms with Gasteiger partial charge in [0, 0.05) is 19.8 Å². The molecule has 3 aromatic rings. The lowest BCUT2D eigenvalue weighted by molar-refractivity contribution is -0.131. The van der Waals surface area contributed by atoms with Crippen LogP contribution in [0, 0.1) is 0 Å². The number of hydrogen-bond acceptors (Lipinski definition) is 3. The number of fused-ring (bicyclic) bond motifs is 1. The van der Waals surface area contributed by atoms with Crippen molar-refractivity contribution in [2.24, 2.45) is 0 Å². The smallest absolute Gasteiger partial charge is 0.340 e. The highest BCUT2D eigenvalue weighted by Crippen LogP contribution is 2.08. The fraction of sp³-hybridized carbons (Fsp3) is 0.278. The monoisotopic (exact) mass is 324 g/mol. The number of carbonyl (C=O) groups excluding carboxylic acids is 1. The molecule has 0 saturated carbocycles. The van der Waals surface area contributed by atoms with Gasteiger partial charge in [0.15, 0.2) is 5.65 Å². The standard InChI is InChI=1S/C18H20N4O2/c1-3-14-7-9-15(10-8-14)12-20(2)17(23)13-22-18(24)21-11-5-4-6-16(21)19-22/h4-11H,3,12-13H2,1-2H3. The minimum absolute atomic E-state index is 0.0654. The van der Waals surface area contributed by atoms with Gasteiger partial charge in [-0.25, -0.2) is 9.48 Å². The number of hydrogen-bond donors (Lipinski definition) is 0. The van der Waals surface area contributed by atoms with Crippen molar-refractivity contribution in [2.75, 3.05) is 7.05 Å². The summed E-state index contributed by atoms with van der Waals surface area (Å²) in [5.74, 6) is -0.153. The SMILES string of the molecule is CCc1ccc(CN(C)C(=O)Cn2nc3ccccn3c2=O)cc1. The number of pyridine rings is 1. The third-order valence-corrected chi connectivity index (χ3v) is 4.05. The Labute approximate surface area is 139 Å². The summed E-state index contributed by atoms with van der Waals surface area (Å²) < 4.78 is 2.63. The van der Waals surface area contributed by atoms with E-state index in [1.54, 1.807) is 36.3 Å². The van der Waals surface area contributed by atoms with Crippen molar-refractivity contribution in [3.8, 4) is 0 Å². The van der Waals surface area contributed by atoms with Gasteiger partial charge < -0.3 is 4.90 Å². The molecule has 2 aromatic heterocycles. The molecule has 0 atom stereocenters. The molecule has 6 nitrogen and oxygen atoms in total. The minimum Gasteiger partial charge on any atom is -0.340 e. The molecule has 0 fully saturated rings. The van der Waals surface area contributed by atoms with Crippen LogP contribution in [0.15, 0.2) is 53.5 Å². The van der Waals surface area contributed by atoms with Crippen LogP contribution in [-0.4, -0.2) is 32.0 Å². The minimum atomic E-state index is -0.306. The van der Waals surface area contributed by atoms with Crippen molar-refractivity contribution in [3.05, 3.63) is 70.3 Å². The maximum absolute atomic E-state index is 12.4. The molecule has 124 valence electrons. The fourth-order valence-electron chi connectivity index (χ4n) is 2.56. The van der Waals surface area contributed by atoms with E-state index >= 15 is 0 Å². The van der Waals surface area contributed by atoms with Gasteiger partial charge in [0.25, 0.3) is 0 Å². The normalized spacial score (nSPS) is 10.9. The Balaban J connectivity index is 1.70. The maximum Gasteiger partial charge on any atom is 0.350 e. The van der Waals surface area contributed by atoms with E-state index in [1.165, 1.54) is 14.6 Å². The summed E-state index contributed by atoms with van der Waals surface area (Å²) in [5.41, 5.74) is 2.56. The van der Waals surface area contributed by atoms with E-state index in [9.17, 15) is 9.59 Å². The topological polar surface area (TPSA) is 59.6 Å². The highest BCUT2D eigenvalue weighted by atomic mass is 16.2. The lowest BCUT2D eigenvalue weighted by Gasteiger charge is -2.17. The van der Waals surface area contributed by atoms with Crippen molar-refractivity contribution in [1.29, 1.82) is 0 Å². The molecule has 0 saturated heterocycles. The third-order valence-electron chi connectivity index (χ3n) is 4.05. The summed E-state index contributed by atoms with van der Waals surface area (Å²) in [6.07, 6.45) is 2.64. The molecule has 0 aliphatic rings. The molecule has 0 spiro atoms. The molecule has 0 aliphatic carbocycles. The van der Waals surface area contributed by atoms with Crippen LogP contribution in [0.1, 0.15) is 18.1 Å². The number of nitrogens with zero attached hydrogens (tertiary/aromatic N) is 4. The van der Waals surface area contributed by atoms with E-state index in [-0.39, 0.29) is 18.1 Å². The Morgan fingerprint density at radius 2 is 1.83 bits per heavy atom. The predicted molar refractivity (Wildman–Crippen MR) is 91.7 cm³/mol. The first-order valence-electron chi connectivity index (χ1n) is 7.94. The van der Waals surface area contributed by atoms with Crippen LogP contribution in [0.2, 0.25) is 0 Å². The first-order chi connectivity index (χ1) is 11.6. The molecule has 0 unspecified atom stereocenters. The Morgan fingerprint density at radius 1 is 1.12 bits per heavy atom. The Hall–Kier alpha value is -2.89. The number of benzene rings is 1. The van der Waals surface area contributed by atoms with Gasteiger partial charge in [-0.15, -0.1) is 5.10 Å². The molecule has 24 heavy (non-hydrogen) atoms. The van der Waals surface area contributed by atoms with E-state index in [2.05, 4.69) is 24.2 Å². The van der Waals surface area contributed by atoms with Crippen molar-refractivity contribution in [2.45, 2.75) is 26.4 Å². The van der Waals surface area contributed by atoms with Gasteiger partial charge in [-0.05, 0) is 29.7 Å². The van der Waals surface area contributed by atoms with Crippen LogP contribution in [-0.2, 0) is 24.3 Å². The van der Waals surface area contributed by atoms with E-state index in [0.29, 0.717) is 12.2 Å². The van der Waals surface area contributed by atoms with Crippen LogP contribution in [0.4, 0.5) is 0 Å². The summed E-state index contributed by atoms with van der Waals surface area (Å²) in [6, 6.07) is 13.5. The number of aryl methyl sites for hydroxylation is 1. The number of likely N-dealkylation sites (N-methyl/N-ethyl adjacent to an activating group) is 1. The van der Waals surface area contributed by atoms with E-state index in [1.807, 2.05) is 12.1 Å². The zero-order valence-electron chi connectivity index (χ0n) is 13.8. The van der Waals surface area contributed by atoms with Gasteiger partial charge in [-0.2, -0.15) is 0 Å². The zero-order chi connectivity index (χ0) is 17.1. The molecular formula is C18H20N4O2. The van der Waals surface area contributed by atoms with Crippen LogP contribution in [0.25, 0.3) is 5.65 Å². The highest BCUT2D eigenvalue weighted by Gasteiger charge is 2.14. The van der Waals surface area contributed by atoms with Crippen LogP contribution in [0.5, 0.6) is 0 Å². The third kappa shape index (κ3) is 3.22. The quantitative estimate of drug-likeness (QED) is 0.718. The van der Waals surface area contributed by atoms with Gasteiger partial charge in [-0.1, -0.05) is 37.3 Å². The van der Waals surface area contributed by atoms with E-state index in [4.69, 9.17) is 0 Å². The zero-order valence-corrected chi connectivity index (χ0v) is 13.8. The molecule has 0 bridgehead atoms. The molecular weight excluding hydrogens is 304 g/mol. The lowest BCUT2D eigenvalue weighted by atomic mass is 10.1. The number of rotatable bonds is 5. The van der Waals surface area contributed by atoms with Gasteiger partial charge in [0.2, 0.25) is 5.91 Å². The van der Waals surface area contributed by atoms with Crippen molar-refractivity contribution in [1.82, 2.24) is 19.1 Å². The molecule has 3 rings (SSSR count). The molecule has 2 heterocycles. The van der Waals surface area contributed by atoms with Gasteiger partial charge in [0.05, 0.1) is 0 Å². The first kappa shape index (κ1) is 16.0. The van der Waals surface area contributed by atoms with E-state index in [0.717, 1.165) is 12.0 Å². The van der Waals surface area contributed by atoms with Crippen molar-refractivity contribution < 1.29 is 4.79 Å². The second-order valence-electron chi connectivity index (χ2n) is 5.79. The second kappa shape index (κ2) is 6.70. The van der Waals surface area contributed by atoms with Crippen LogP contribution >= 0.6 is 0 Å². The second-order valence-corrected chi connectivity index (χ2v) is 5.79. The fourth-order valence-corrected chi connectivity index (χ4v) is 2.56. The summed E-state index contributed by atoms with van der Waals surface area (Å²) in [5, 5.41) is 4.18. The molecule has 0 aliphatic heterocycles. The number of aromatic nitrogens is 3. The Kier molecular flexibility index (Phi) is 4.46. The summed E-state index contributed by atoms with van der Waals surface area (Å²) in [7, 11) is 1.73. The number of carbonyl (C=O) groups is 1.